The average Bonchev–Trinajstić information content (AvgIpc) is 3.04. The second kappa shape index (κ2) is 14.9. The molecular weight excluding hydrogens is 610 g/mol. The van der Waals surface area contributed by atoms with Crippen molar-refractivity contribution in [2.24, 2.45) is 0 Å². The van der Waals surface area contributed by atoms with Crippen LogP contribution in [0.4, 0.5) is 0 Å². The molecule has 46 heavy (non-hydrogen) atoms. The highest BCUT2D eigenvalue weighted by atomic mass is 35.5. The van der Waals surface area contributed by atoms with Crippen LogP contribution in [0.3, 0.4) is 0 Å². The van der Waals surface area contributed by atoms with Crippen LogP contribution < -0.4 is 18.9 Å². The predicted molar refractivity (Wildman–Crippen MR) is 174 cm³/mol. The Hall–Kier alpha value is -4.18. The van der Waals surface area contributed by atoms with E-state index in [9.17, 15) is 19.5 Å². The Morgan fingerprint density at radius 2 is 1.48 bits per heavy atom. The zero-order valence-corrected chi connectivity index (χ0v) is 26.8. The third-order valence-corrected chi connectivity index (χ3v) is 8.56. The van der Waals surface area contributed by atoms with Crippen molar-refractivity contribution in [3.05, 3.63) is 83.4 Å². The molecule has 5 rings (SSSR count). The van der Waals surface area contributed by atoms with Crippen molar-refractivity contribution in [3.63, 3.8) is 0 Å². The molecule has 9 nitrogen and oxygen atoms in total. The van der Waals surface area contributed by atoms with Crippen molar-refractivity contribution >= 4 is 40.1 Å². The third kappa shape index (κ3) is 7.61. The summed E-state index contributed by atoms with van der Waals surface area (Å²) in [5, 5.41) is 11.1. The summed E-state index contributed by atoms with van der Waals surface area (Å²) < 4.78 is 22.6. The smallest absolute Gasteiger partial charge is 0.345 e. The number of aliphatic hydroxyl groups is 1. The highest BCUT2D eigenvalue weighted by molar-refractivity contribution is 6.53. The standard InChI is InChI=1S/C36H38ClNO8/c1-3-38(4-2)20-10-5-6-11-21-43-26-16-14-24(15-17-26)31(32(37)25-12-8-7-9-13-25)27-18-19-28-34-33(27)45-30(40)23-36(42,35(41)46-34)22-29(39)44-28/h7-9,12-19,42H,3-6,10-11,20-23H2,1-2H3/b32-31-. The van der Waals surface area contributed by atoms with E-state index in [-0.39, 0.29) is 17.2 Å². The number of ether oxygens (including phenoxy) is 4. The topological polar surface area (TPSA) is 112 Å². The van der Waals surface area contributed by atoms with E-state index in [1.807, 2.05) is 54.6 Å². The molecule has 0 saturated carbocycles. The maximum Gasteiger partial charge on any atom is 0.345 e. The zero-order chi connectivity index (χ0) is 32.7. The SMILES string of the molecule is CCN(CC)CCCCCCOc1ccc(/C(=C(/Cl)c2ccccc2)c2ccc3c4c2OC(=O)CC(O)(CC(=O)O3)C(=O)O4)cc1. The molecule has 3 aromatic rings. The van der Waals surface area contributed by atoms with E-state index in [1.165, 1.54) is 12.5 Å². The van der Waals surface area contributed by atoms with Crippen LogP contribution in [-0.2, 0) is 14.4 Å². The summed E-state index contributed by atoms with van der Waals surface area (Å²) in [4.78, 5) is 40.9. The molecule has 0 saturated heterocycles. The lowest BCUT2D eigenvalue weighted by atomic mass is 9.92. The van der Waals surface area contributed by atoms with Gasteiger partial charge in [-0.3, -0.25) is 9.59 Å². The summed E-state index contributed by atoms with van der Waals surface area (Å²) in [5.74, 6) is -2.83. The van der Waals surface area contributed by atoms with Crippen LogP contribution in [0.2, 0.25) is 0 Å². The second-order valence-electron chi connectivity index (χ2n) is 11.4. The number of nitrogens with zero attached hydrogens (tertiary/aromatic N) is 1. The Morgan fingerprint density at radius 1 is 0.804 bits per heavy atom. The minimum atomic E-state index is -2.42. The number of carbonyl (C=O) groups excluding carboxylic acids is 3. The summed E-state index contributed by atoms with van der Waals surface area (Å²) in [6.45, 7) is 8.25. The molecule has 1 atom stereocenters. The molecule has 2 aliphatic rings. The number of esters is 3. The Labute approximate surface area is 273 Å². The maximum absolute atomic E-state index is 13.0. The lowest BCUT2D eigenvalue weighted by Crippen LogP contribution is -2.48. The van der Waals surface area contributed by atoms with E-state index in [0.717, 1.165) is 38.9 Å². The highest BCUT2D eigenvalue weighted by Gasteiger charge is 2.48. The summed E-state index contributed by atoms with van der Waals surface area (Å²) in [6.07, 6.45) is 2.83. The molecule has 1 unspecified atom stereocenters. The Morgan fingerprint density at radius 3 is 2.17 bits per heavy atom. The largest absolute Gasteiger partial charge is 0.494 e. The van der Waals surface area contributed by atoms with Crippen molar-refractivity contribution in [2.45, 2.75) is 58.0 Å². The van der Waals surface area contributed by atoms with E-state index in [4.69, 9.17) is 30.5 Å². The summed E-state index contributed by atoms with van der Waals surface area (Å²) in [5.41, 5.74) is -0.277. The van der Waals surface area contributed by atoms with Crippen molar-refractivity contribution in [1.82, 2.24) is 4.90 Å². The van der Waals surface area contributed by atoms with Crippen molar-refractivity contribution in [3.8, 4) is 23.0 Å². The van der Waals surface area contributed by atoms with Gasteiger partial charge in [0.2, 0.25) is 5.75 Å². The molecule has 0 aliphatic carbocycles. The first kappa shape index (κ1) is 33.2. The molecule has 0 aromatic heterocycles. The van der Waals surface area contributed by atoms with Gasteiger partial charge in [-0.1, -0.05) is 80.8 Å². The molecule has 242 valence electrons. The van der Waals surface area contributed by atoms with Gasteiger partial charge < -0.3 is 29.0 Å². The number of hydrogen-bond donors (Lipinski definition) is 1. The number of unbranched alkanes of at least 4 members (excludes halogenated alkanes) is 3. The molecule has 0 fully saturated rings. The van der Waals surface area contributed by atoms with Gasteiger partial charge in [-0.15, -0.1) is 0 Å². The molecule has 1 N–H and O–H groups in total. The fraction of sp³-hybridized carbons (Fsp3) is 0.361. The van der Waals surface area contributed by atoms with Crippen molar-refractivity contribution in [1.29, 1.82) is 0 Å². The molecule has 0 spiro atoms. The van der Waals surface area contributed by atoms with E-state index in [0.29, 0.717) is 39.7 Å². The molecule has 10 heteroatoms. The molecular formula is C36H38ClNO8. The van der Waals surface area contributed by atoms with E-state index in [2.05, 4.69) is 18.7 Å². The monoisotopic (exact) mass is 647 g/mol. The first-order valence-electron chi connectivity index (χ1n) is 15.7. The lowest BCUT2D eigenvalue weighted by molar-refractivity contribution is -0.170. The highest BCUT2D eigenvalue weighted by Crippen LogP contribution is 2.49. The van der Waals surface area contributed by atoms with Gasteiger partial charge in [0.25, 0.3) is 0 Å². The van der Waals surface area contributed by atoms with Gasteiger partial charge in [0, 0.05) is 11.1 Å². The number of hydrogen-bond acceptors (Lipinski definition) is 9. The van der Waals surface area contributed by atoms with Crippen LogP contribution in [0.1, 0.15) is 69.1 Å². The molecule has 2 heterocycles. The molecule has 0 radical (unpaired) electrons. The molecule has 2 bridgehead atoms. The normalized spacial score (nSPS) is 18.1. The van der Waals surface area contributed by atoms with Gasteiger partial charge in [-0.2, -0.15) is 0 Å². The fourth-order valence-electron chi connectivity index (χ4n) is 5.57. The zero-order valence-electron chi connectivity index (χ0n) is 26.1. The minimum absolute atomic E-state index is 0.124. The summed E-state index contributed by atoms with van der Waals surface area (Å²) >= 11 is 7.07. The lowest BCUT2D eigenvalue weighted by Gasteiger charge is -2.30. The Bertz CT molecular complexity index is 1600. The fourth-order valence-corrected chi connectivity index (χ4v) is 5.91. The minimum Gasteiger partial charge on any atom is -0.494 e. The summed E-state index contributed by atoms with van der Waals surface area (Å²) in [7, 11) is 0. The number of halogens is 1. The van der Waals surface area contributed by atoms with Crippen LogP contribution in [0.15, 0.2) is 66.7 Å². The quantitative estimate of drug-likeness (QED) is 0.0978. The number of fused-ring (bicyclic) bond motifs is 2. The van der Waals surface area contributed by atoms with Crippen LogP contribution in [0, 0.1) is 0 Å². The van der Waals surface area contributed by atoms with Gasteiger partial charge in [0.1, 0.15) is 5.75 Å². The average molecular weight is 648 g/mol. The first-order chi connectivity index (χ1) is 22.2. The Balaban J connectivity index is 1.44. The maximum atomic E-state index is 13.0. The Kier molecular flexibility index (Phi) is 10.8. The van der Waals surface area contributed by atoms with E-state index >= 15 is 0 Å². The van der Waals surface area contributed by atoms with Gasteiger partial charge in [-0.05, 0) is 67.9 Å². The van der Waals surface area contributed by atoms with Gasteiger partial charge >= 0.3 is 17.9 Å². The number of rotatable bonds is 13. The molecule has 3 aromatic carbocycles. The van der Waals surface area contributed by atoms with Crippen LogP contribution >= 0.6 is 11.6 Å². The molecule has 2 aliphatic heterocycles. The summed E-state index contributed by atoms with van der Waals surface area (Å²) in [6, 6.07) is 19.6. The van der Waals surface area contributed by atoms with Crippen LogP contribution in [-0.4, -0.2) is 59.8 Å². The number of carbonyl (C=O) groups is 3. The third-order valence-electron chi connectivity index (χ3n) is 8.15. The van der Waals surface area contributed by atoms with Crippen molar-refractivity contribution in [2.75, 3.05) is 26.2 Å². The second-order valence-corrected chi connectivity index (χ2v) is 11.7. The van der Waals surface area contributed by atoms with Crippen LogP contribution in [0.5, 0.6) is 23.0 Å². The first-order valence-corrected chi connectivity index (χ1v) is 16.0. The van der Waals surface area contributed by atoms with E-state index in [1.54, 1.807) is 6.07 Å². The van der Waals surface area contributed by atoms with E-state index < -0.39 is 36.4 Å². The van der Waals surface area contributed by atoms with Gasteiger partial charge in [0.15, 0.2) is 17.1 Å². The number of benzene rings is 3. The van der Waals surface area contributed by atoms with Gasteiger partial charge in [0.05, 0.1) is 24.5 Å². The van der Waals surface area contributed by atoms with Crippen molar-refractivity contribution < 1.29 is 38.4 Å². The van der Waals surface area contributed by atoms with Crippen LogP contribution in [0.25, 0.3) is 10.6 Å². The predicted octanol–water partition coefficient (Wildman–Crippen LogP) is 6.38. The van der Waals surface area contributed by atoms with Gasteiger partial charge in [-0.25, -0.2) is 4.79 Å². The molecule has 0 amide bonds.